The Morgan fingerprint density at radius 3 is 2.48 bits per heavy atom. The Morgan fingerprint density at radius 2 is 1.92 bits per heavy atom. The molecular formula is C14H20N6O5. The number of hydrazone groups is 1. The minimum atomic E-state index is -0.687. The summed E-state index contributed by atoms with van der Waals surface area (Å²) in [6, 6.07) is 3.36. The first kappa shape index (κ1) is 18.5. The molecule has 0 aliphatic carbocycles. The van der Waals surface area contributed by atoms with E-state index >= 15 is 0 Å². The number of rotatable bonds is 6. The molecule has 0 aromatic heterocycles. The number of nitrogens with zero attached hydrogens (tertiary/aromatic N) is 5. The highest BCUT2D eigenvalue weighted by Crippen LogP contribution is 2.28. The molecule has 1 saturated heterocycles. The lowest BCUT2D eigenvalue weighted by Crippen LogP contribution is -2.48. The number of amidine groups is 1. The van der Waals surface area contributed by atoms with Crippen molar-refractivity contribution in [1.29, 1.82) is 0 Å². The van der Waals surface area contributed by atoms with Gasteiger partial charge in [-0.3, -0.25) is 30.6 Å². The summed E-state index contributed by atoms with van der Waals surface area (Å²) in [6.07, 6.45) is 0. The number of nitro groups is 2. The van der Waals surface area contributed by atoms with Gasteiger partial charge in [-0.05, 0) is 13.0 Å². The van der Waals surface area contributed by atoms with Gasteiger partial charge < -0.3 is 10.0 Å². The number of benzene rings is 1. The van der Waals surface area contributed by atoms with Crippen LogP contribution in [0.4, 0.5) is 17.1 Å². The quantitative estimate of drug-likeness (QED) is 0.333. The van der Waals surface area contributed by atoms with E-state index in [1.54, 1.807) is 6.92 Å². The smallest absolute Gasteiger partial charge is 0.301 e. The fraction of sp³-hybridized carbons (Fsp3) is 0.500. The first-order valence-corrected chi connectivity index (χ1v) is 7.73. The molecule has 0 amide bonds. The molecule has 0 spiro atoms. The molecule has 0 saturated carbocycles. The summed E-state index contributed by atoms with van der Waals surface area (Å²) in [5, 5.41) is 34.9. The summed E-state index contributed by atoms with van der Waals surface area (Å²) in [5.41, 5.74) is 1.96. The molecule has 1 fully saturated rings. The Morgan fingerprint density at radius 1 is 1.24 bits per heavy atom. The number of nitro benzene ring substituents is 2. The summed E-state index contributed by atoms with van der Waals surface area (Å²) < 4.78 is 0. The van der Waals surface area contributed by atoms with E-state index in [4.69, 9.17) is 5.11 Å². The number of nitrogens with one attached hydrogen (secondary N) is 1. The number of piperazine rings is 1. The van der Waals surface area contributed by atoms with Crippen LogP contribution in [0.5, 0.6) is 0 Å². The molecule has 1 heterocycles. The van der Waals surface area contributed by atoms with Crippen LogP contribution >= 0.6 is 0 Å². The largest absolute Gasteiger partial charge is 0.395 e. The van der Waals surface area contributed by atoms with Crippen LogP contribution in [0.15, 0.2) is 23.3 Å². The van der Waals surface area contributed by atoms with Crippen molar-refractivity contribution in [2.75, 3.05) is 44.8 Å². The van der Waals surface area contributed by atoms with Gasteiger partial charge in [0.05, 0.1) is 22.5 Å². The van der Waals surface area contributed by atoms with Crippen LogP contribution in [-0.4, -0.2) is 69.9 Å². The molecule has 1 aliphatic rings. The SMILES string of the molecule is C/C(=N/Nc1ccc([N+](=O)[O-])cc1[N+](=O)[O-])N1CCN(CCO)CC1. The van der Waals surface area contributed by atoms with Crippen LogP contribution in [0.2, 0.25) is 0 Å². The van der Waals surface area contributed by atoms with Crippen molar-refractivity contribution in [3.63, 3.8) is 0 Å². The molecule has 136 valence electrons. The van der Waals surface area contributed by atoms with E-state index in [1.807, 2.05) is 4.90 Å². The van der Waals surface area contributed by atoms with Crippen LogP contribution in [0.25, 0.3) is 0 Å². The van der Waals surface area contributed by atoms with Gasteiger partial charge in [-0.25, -0.2) is 0 Å². The van der Waals surface area contributed by atoms with Gasteiger partial charge in [0.15, 0.2) is 0 Å². The average molecular weight is 352 g/mol. The van der Waals surface area contributed by atoms with Crippen molar-refractivity contribution in [3.05, 3.63) is 38.4 Å². The molecule has 2 N–H and O–H groups in total. The van der Waals surface area contributed by atoms with Crippen LogP contribution in [0.1, 0.15) is 6.92 Å². The fourth-order valence-electron chi connectivity index (χ4n) is 2.53. The average Bonchev–Trinajstić information content (AvgIpc) is 2.60. The third kappa shape index (κ3) is 4.84. The van der Waals surface area contributed by atoms with E-state index in [0.29, 0.717) is 12.4 Å². The second kappa shape index (κ2) is 8.35. The molecule has 0 bridgehead atoms. The van der Waals surface area contributed by atoms with Gasteiger partial charge in [-0.2, -0.15) is 5.10 Å². The predicted octanol–water partition coefficient (Wildman–Crippen LogP) is 0.858. The minimum Gasteiger partial charge on any atom is -0.395 e. The van der Waals surface area contributed by atoms with Gasteiger partial charge in [-0.15, -0.1) is 0 Å². The maximum atomic E-state index is 11.1. The van der Waals surface area contributed by atoms with Crippen molar-refractivity contribution in [2.24, 2.45) is 5.10 Å². The van der Waals surface area contributed by atoms with Gasteiger partial charge in [0.1, 0.15) is 11.5 Å². The Labute approximate surface area is 143 Å². The number of anilines is 1. The minimum absolute atomic E-state index is 0.0915. The second-order valence-corrected chi connectivity index (χ2v) is 5.54. The van der Waals surface area contributed by atoms with E-state index in [-0.39, 0.29) is 18.0 Å². The van der Waals surface area contributed by atoms with Crippen molar-refractivity contribution in [1.82, 2.24) is 9.80 Å². The zero-order chi connectivity index (χ0) is 18.4. The van der Waals surface area contributed by atoms with Gasteiger partial charge >= 0.3 is 5.69 Å². The van der Waals surface area contributed by atoms with Crippen molar-refractivity contribution in [3.8, 4) is 0 Å². The van der Waals surface area contributed by atoms with Gasteiger partial charge in [0.25, 0.3) is 5.69 Å². The van der Waals surface area contributed by atoms with E-state index in [1.165, 1.54) is 12.1 Å². The van der Waals surface area contributed by atoms with Gasteiger partial charge in [0.2, 0.25) is 0 Å². The first-order valence-electron chi connectivity index (χ1n) is 7.73. The third-order valence-corrected chi connectivity index (χ3v) is 3.97. The zero-order valence-corrected chi connectivity index (χ0v) is 13.8. The zero-order valence-electron chi connectivity index (χ0n) is 13.8. The Balaban J connectivity index is 2.05. The maximum Gasteiger partial charge on any atom is 0.301 e. The van der Waals surface area contributed by atoms with Crippen LogP contribution in [-0.2, 0) is 0 Å². The number of hydrogen-bond donors (Lipinski definition) is 2. The number of non-ortho nitro benzene ring substituents is 1. The molecule has 11 nitrogen and oxygen atoms in total. The van der Waals surface area contributed by atoms with Crippen LogP contribution in [0.3, 0.4) is 0 Å². The number of hydrogen-bond acceptors (Lipinski definition) is 8. The topological polar surface area (TPSA) is 137 Å². The molecule has 11 heteroatoms. The number of aliphatic hydroxyl groups excluding tert-OH is 1. The normalized spacial score (nSPS) is 15.9. The lowest BCUT2D eigenvalue weighted by molar-refractivity contribution is -0.393. The van der Waals surface area contributed by atoms with Crippen molar-refractivity contribution in [2.45, 2.75) is 6.92 Å². The first-order chi connectivity index (χ1) is 11.9. The van der Waals surface area contributed by atoms with E-state index in [2.05, 4.69) is 15.4 Å². The molecule has 25 heavy (non-hydrogen) atoms. The van der Waals surface area contributed by atoms with Gasteiger partial charge in [-0.1, -0.05) is 0 Å². The molecule has 1 aromatic rings. The summed E-state index contributed by atoms with van der Waals surface area (Å²) in [4.78, 5) is 24.6. The third-order valence-electron chi connectivity index (χ3n) is 3.97. The summed E-state index contributed by atoms with van der Waals surface area (Å²) >= 11 is 0. The molecule has 1 aromatic carbocycles. The van der Waals surface area contributed by atoms with E-state index in [0.717, 1.165) is 32.2 Å². The molecule has 1 aliphatic heterocycles. The monoisotopic (exact) mass is 352 g/mol. The number of aliphatic hydroxyl groups is 1. The van der Waals surface area contributed by atoms with Crippen molar-refractivity contribution >= 4 is 22.9 Å². The Hall–Kier alpha value is -2.79. The predicted molar refractivity (Wildman–Crippen MR) is 91.6 cm³/mol. The highest BCUT2D eigenvalue weighted by molar-refractivity contribution is 5.81. The van der Waals surface area contributed by atoms with Gasteiger partial charge in [0, 0.05) is 38.8 Å². The standard InChI is InChI=1S/C14H20N6O5/c1-11(18-6-4-17(5-7-18)8-9-21)15-16-13-3-2-12(19(22)23)10-14(13)20(24)25/h2-3,10,16,21H,4-9H2,1H3/b15-11-. The maximum absolute atomic E-state index is 11.1. The molecule has 0 radical (unpaired) electrons. The van der Waals surface area contributed by atoms with Crippen molar-refractivity contribution < 1.29 is 15.0 Å². The second-order valence-electron chi connectivity index (χ2n) is 5.54. The highest BCUT2D eigenvalue weighted by atomic mass is 16.6. The lowest BCUT2D eigenvalue weighted by atomic mass is 10.2. The molecule has 0 atom stereocenters. The van der Waals surface area contributed by atoms with E-state index in [9.17, 15) is 20.2 Å². The lowest BCUT2D eigenvalue weighted by Gasteiger charge is -2.35. The summed E-state index contributed by atoms with van der Waals surface area (Å²) in [6.45, 7) is 5.61. The highest BCUT2D eigenvalue weighted by Gasteiger charge is 2.20. The molecular weight excluding hydrogens is 332 g/mol. The Kier molecular flexibility index (Phi) is 6.19. The molecule has 2 rings (SSSR count). The summed E-state index contributed by atoms with van der Waals surface area (Å²) in [5.74, 6) is 0.663. The summed E-state index contributed by atoms with van der Waals surface area (Å²) in [7, 11) is 0. The fourth-order valence-corrected chi connectivity index (χ4v) is 2.53. The molecule has 0 unspecified atom stereocenters. The van der Waals surface area contributed by atoms with E-state index < -0.39 is 15.5 Å². The Bertz CT molecular complexity index is 672. The van der Waals surface area contributed by atoms with Crippen LogP contribution < -0.4 is 5.43 Å². The number of β-amino-alcohol motifs (C(OH)–C–C–N with tert-alkyl or cyclic N) is 1. The van der Waals surface area contributed by atoms with Crippen LogP contribution in [0, 0.1) is 20.2 Å².